The Kier molecular flexibility index (Phi) is 5.52. The molecule has 1 atom stereocenters. The van der Waals surface area contributed by atoms with Gasteiger partial charge in [-0.2, -0.15) is 0 Å². The highest BCUT2D eigenvalue weighted by molar-refractivity contribution is 5.59. The van der Waals surface area contributed by atoms with Crippen LogP contribution in [0.2, 0.25) is 0 Å². The first-order valence-corrected chi connectivity index (χ1v) is 3.51. The zero-order chi connectivity index (χ0) is 7.11. The summed E-state index contributed by atoms with van der Waals surface area (Å²) in [6, 6.07) is 0. The SMILES string of the molecule is CCC(C)C=NCCN. The van der Waals surface area contributed by atoms with E-state index in [0.717, 1.165) is 13.0 Å². The van der Waals surface area contributed by atoms with Gasteiger partial charge in [0.1, 0.15) is 0 Å². The van der Waals surface area contributed by atoms with Crippen LogP contribution in [0.1, 0.15) is 20.3 Å². The minimum Gasteiger partial charge on any atom is -0.329 e. The zero-order valence-electron chi connectivity index (χ0n) is 6.30. The van der Waals surface area contributed by atoms with Crippen molar-refractivity contribution in [3.63, 3.8) is 0 Å². The monoisotopic (exact) mass is 128 g/mol. The second-order valence-electron chi connectivity index (χ2n) is 2.23. The standard InChI is InChI=1S/C7H16N2/c1-3-7(2)6-9-5-4-8/h6-7H,3-5,8H2,1-2H3. The van der Waals surface area contributed by atoms with Crippen molar-refractivity contribution in [3.05, 3.63) is 0 Å². The van der Waals surface area contributed by atoms with E-state index in [9.17, 15) is 0 Å². The van der Waals surface area contributed by atoms with Crippen LogP contribution in [-0.2, 0) is 0 Å². The van der Waals surface area contributed by atoms with Gasteiger partial charge in [0.15, 0.2) is 0 Å². The summed E-state index contributed by atoms with van der Waals surface area (Å²) in [5.74, 6) is 0.608. The van der Waals surface area contributed by atoms with E-state index in [1.54, 1.807) is 0 Å². The fourth-order valence-corrected chi connectivity index (χ4v) is 0.434. The lowest BCUT2D eigenvalue weighted by Crippen LogP contribution is -2.03. The molecular formula is C7H16N2. The maximum atomic E-state index is 5.24. The highest BCUT2D eigenvalue weighted by Crippen LogP contribution is 1.94. The molecule has 2 heteroatoms. The Bertz CT molecular complexity index is 79.0. The lowest BCUT2D eigenvalue weighted by atomic mass is 10.1. The Hall–Kier alpha value is -0.370. The third-order valence-electron chi connectivity index (χ3n) is 1.26. The smallest absolute Gasteiger partial charge is 0.0508 e. The number of hydrogen-bond acceptors (Lipinski definition) is 2. The Labute approximate surface area is 57.2 Å². The summed E-state index contributed by atoms with van der Waals surface area (Å²) in [7, 11) is 0. The van der Waals surface area contributed by atoms with Gasteiger partial charge in [-0.3, -0.25) is 4.99 Å². The topological polar surface area (TPSA) is 38.4 Å². The van der Waals surface area contributed by atoms with Gasteiger partial charge in [0.05, 0.1) is 6.54 Å². The fourth-order valence-electron chi connectivity index (χ4n) is 0.434. The number of hydrogen-bond donors (Lipinski definition) is 1. The average Bonchev–Trinajstić information content (AvgIpc) is 1.89. The van der Waals surface area contributed by atoms with Crippen LogP contribution in [0.5, 0.6) is 0 Å². The van der Waals surface area contributed by atoms with Crippen LogP contribution in [0, 0.1) is 5.92 Å². The molecule has 0 saturated heterocycles. The van der Waals surface area contributed by atoms with Gasteiger partial charge in [-0.25, -0.2) is 0 Å². The first-order chi connectivity index (χ1) is 4.31. The molecular weight excluding hydrogens is 112 g/mol. The highest BCUT2D eigenvalue weighted by atomic mass is 14.7. The minimum absolute atomic E-state index is 0.608. The van der Waals surface area contributed by atoms with Crippen LogP contribution in [0.15, 0.2) is 4.99 Å². The van der Waals surface area contributed by atoms with Crippen molar-refractivity contribution < 1.29 is 0 Å². The van der Waals surface area contributed by atoms with Crippen LogP contribution >= 0.6 is 0 Å². The Morgan fingerprint density at radius 2 is 2.33 bits per heavy atom. The molecule has 54 valence electrons. The zero-order valence-corrected chi connectivity index (χ0v) is 6.30. The Morgan fingerprint density at radius 1 is 1.67 bits per heavy atom. The van der Waals surface area contributed by atoms with Crippen molar-refractivity contribution in [1.82, 2.24) is 0 Å². The van der Waals surface area contributed by atoms with Crippen molar-refractivity contribution in [2.75, 3.05) is 13.1 Å². The number of aliphatic imine (C=N–C) groups is 1. The van der Waals surface area contributed by atoms with E-state index >= 15 is 0 Å². The fraction of sp³-hybridized carbons (Fsp3) is 0.857. The maximum Gasteiger partial charge on any atom is 0.0508 e. The highest BCUT2D eigenvalue weighted by Gasteiger charge is 1.89. The molecule has 2 N–H and O–H groups in total. The minimum atomic E-state index is 0.608. The molecule has 0 aliphatic rings. The maximum absolute atomic E-state index is 5.24. The lowest BCUT2D eigenvalue weighted by Gasteiger charge is -1.96. The van der Waals surface area contributed by atoms with Crippen LogP contribution in [0.4, 0.5) is 0 Å². The molecule has 0 rings (SSSR count). The van der Waals surface area contributed by atoms with Gasteiger partial charge in [-0.05, 0) is 12.3 Å². The molecule has 0 aliphatic heterocycles. The van der Waals surface area contributed by atoms with Gasteiger partial charge in [-0.1, -0.05) is 13.8 Å². The van der Waals surface area contributed by atoms with Gasteiger partial charge in [0.25, 0.3) is 0 Å². The molecule has 0 bridgehead atoms. The summed E-state index contributed by atoms with van der Waals surface area (Å²) in [6.07, 6.45) is 3.14. The quantitative estimate of drug-likeness (QED) is 0.565. The third-order valence-corrected chi connectivity index (χ3v) is 1.26. The van der Waals surface area contributed by atoms with E-state index in [0.29, 0.717) is 12.5 Å². The summed E-state index contributed by atoms with van der Waals surface area (Å²) >= 11 is 0. The molecule has 0 aromatic heterocycles. The van der Waals surface area contributed by atoms with Crippen molar-refractivity contribution in [3.8, 4) is 0 Å². The van der Waals surface area contributed by atoms with Gasteiger partial charge in [-0.15, -0.1) is 0 Å². The summed E-state index contributed by atoms with van der Waals surface area (Å²) in [4.78, 5) is 4.11. The van der Waals surface area contributed by atoms with Crippen molar-refractivity contribution >= 4 is 6.21 Å². The van der Waals surface area contributed by atoms with Gasteiger partial charge >= 0.3 is 0 Å². The summed E-state index contributed by atoms with van der Waals surface area (Å²) in [5, 5.41) is 0. The molecule has 0 aromatic rings. The first kappa shape index (κ1) is 8.63. The molecule has 0 fully saturated rings. The molecule has 0 heterocycles. The summed E-state index contributed by atoms with van der Waals surface area (Å²) in [6.45, 7) is 5.73. The van der Waals surface area contributed by atoms with Crippen molar-refractivity contribution in [2.45, 2.75) is 20.3 Å². The van der Waals surface area contributed by atoms with Crippen LogP contribution in [0.3, 0.4) is 0 Å². The molecule has 0 spiro atoms. The predicted molar refractivity (Wildman–Crippen MR) is 41.9 cm³/mol. The van der Waals surface area contributed by atoms with Crippen LogP contribution < -0.4 is 5.73 Å². The lowest BCUT2D eigenvalue weighted by molar-refractivity contribution is 0.749. The number of nitrogens with zero attached hydrogens (tertiary/aromatic N) is 1. The number of nitrogens with two attached hydrogens (primary N) is 1. The third kappa shape index (κ3) is 5.50. The molecule has 0 amide bonds. The summed E-state index contributed by atoms with van der Waals surface area (Å²) in [5.41, 5.74) is 5.24. The van der Waals surface area contributed by atoms with Gasteiger partial charge in [0.2, 0.25) is 0 Å². The first-order valence-electron chi connectivity index (χ1n) is 3.51. The van der Waals surface area contributed by atoms with Crippen molar-refractivity contribution in [1.29, 1.82) is 0 Å². The van der Waals surface area contributed by atoms with E-state index in [2.05, 4.69) is 18.8 Å². The number of rotatable bonds is 4. The molecule has 0 aromatic carbocycles. The molecule has 0 saturated carbocycles. The van der Waals surface area contributed by atoms with E-state index in [4.69, 9.17) is 5.73 Å². The van der Waals surface area contributed by atoms with E-state index in [-0.39, 0.29) is 0 Å². The Balaban J connectivity index is 3.20. The second kappa shape index (κ2) is 5.76. The molecule has 9 heavy (non-hydrogen) atoms. The Morgan fingerprint density at radius 3 is 2.78 bits per heavy atom. The molecule has 2 nitrogen and oxygen atoms in total. The van der Waals surface area contributed by atoms with Crippen LogP contribution in [0.25, 0.3) is 0 Å². The molecule has 1 unspecified atom stereocenters. The second-order valence-corrected chi connectivity index (χ2v) is 2.23. The predicted octanol–water partition coefficient (Wildman–Crippen LogP) is 1.06. The van der Waals surface area contributed by atoms with Gasteiger partial charge < -0.3 is 5.73 Å². The van der Waals surface area contributed by atoms with E-state index in [1.807, 2.05) is 6.21 Å². The van der Waals surface area contributed by atoms with Crippen LogP contribution in [-0.4, -0.2) is 19.3 Å². The summed E-state index contributed by atoms with van der Waals surface area (Å²) < 4.78 is 0. The molecule has 0 radical (unpaired) electrons. The normalized spacial score (nSPS) is 14.6. The average molecular weight is 128 g/mol. The largest absolute Gasteiger partial charge is 0.329 e. The van der Waals surface area contributed by atoms with Crippen molar-refractivity contribution in [2.24, 2.45) is 16.6 Å². The van der Waals surface area contributed by atoms with Gasteiger partial charge in [0, 0.05) is 12.8 Å². The molecule has 0 aliphatic carbocycles. The van der Waals surface area contributed by atoms with E-state index in [1.165, 1.54) is 0 Å². The van der Waals surface area contributed by atoms with E-state index < -0.39 is 0 Å².